The fourth-order valence-corrected chi connectivity index (χ4v) is 2.23. The fraction of sp³-hybridized carbons (Fsp3) is 0.692. The Hall–Kier alpha value is -0.840. The molecule has 1 saturated heterocycles. The predicted octanol–water partition coefficient (Wildman–Crippen LogP) is 0.835. The highest BCUT2D eigenvalue weighted by molar-refractivity contribution is 5.05. The molecular weight excluding hydrogens is 214 g/mol. The third-order valence-electron chi connectivity index (χ3n) is 3.40. The average molecular weight is 237 g/mol. The van der Waals surface area contributed by atoms with E-state index in [0.717, 1.165) is 39.3 Å². The van der Waals surface area contributed by atoms with Crippen LogP contribution in [0.5, 0.6) is 0 Å². The van der Waals surface area contributed by atoms with E-state index < -0.39 is 0 Å². The number of rotatable bonds is 5. The molecule has 0 bridgehead atoms. The molecule has 0 spiro atoms. The summed E-state index contributed by atoms with van der Waals surface area (Å²) in [5.74, 6) is 0. The Bertz CT molecular complexity index is 337. The molecule has 96 valence electrons. The first-order chi connectivity index (χ1) is 8.29. The van der Waals surface area contributed by atoms with E-state index in [9.17, 15) is 0 Å². The second kappa shape index (κ2) is 6.19. The van der Waals surface area contributed by atoms with Gasteiger partial charge in [-0.15, -0.1) is 0 Å². The molecule has 4 heteroatoms. The van der Waals surface area contributed by atoms with Gasteiger partial charge in [-0.3, -0.25) is 4.90 Å². The molecule has 17 heavy (non-hydrogen) atoms. The largest absolute Gasteiger partial charge is 0.374 e. The van der Waals surface area contributed by atoms with Gasteiger partial charge in [0.15, 0.2) is 0 Å². The minimum absolute atomic E-state index is 0.337. The number of morpholine rings is 1. The lowest BCUT2D eigenvalue weighted by molar-refractivity contribution is -0.0254. The maximum atomic E-state index is 5.75. The SMILES string of the molecule is CCN1CCOC(CNCc2cccn2C)C1. The number of hydrogen-bond donors (Lipinski definition) is 1. The van der Waals surface area contributed by atoms with Crippen LogP contribution in [0.25, 0.3) is 0 Å². The van der Waals surface area contributed by atoms with Crippen molar-refractivity contribution in [3.63, 3.8) is 0 Å². The normalized spacial score (nSPS) is 21.9. The molecule has 0 aliphatic carbocycles. The van der Waals surface area contributed by atoms with Crippen LogP contribution in [0, 0.1) is 0 Å². The standard InChI is InChI=1S/C13H23N3O/c1-3-16-7-8-17-13(11-16)10-14-9-12-5-4-6-15(12)2/h4-6,13-14H,3,7-11H2,1-2H3. The fourth-order valence-electron chi connectivity index (χ4n) is 2.23. The van der Waals surface area contributed by atoms with Gasteiger partial charge in [0.2, 0.25) is 0 Å². The van der Waals surface area contributed by atoms with E-state index in [0.29, 0.717) is 6.10 Å². The van der Waals surface area contributed by atoms with Gasteiger partial charge < -0.3 is 14.6 Å². The maximum absolute atomic E-state index is 5.75. The number of hydrogen-bond acceptors (Lipinski definition) is 3. The third-order valence-corrected chi connectivity index (χ3v) is 3.40. The Labute approximate surface area is 104 Å². The number of aromatic nitrogens is 1. The van der Waals surface area contributed by atoms with Crippen LogP contribution < -0.4 is 5.32 Å². The zero-order valence-corrected chi connectivity index (χ0v) is 10.9. The summed E-state index contributed by atoms with van der Waals surface area (Å²) in [7, 11) is 2.08. The van der Waals surface area contributed by atoms with Gasteiger partial charge >= 0.3 is 0 Å². The van der Waals surface area contributed by atoms with Crippen LogP contribution in [0.3, 0.4) is 0 Å². The van der Waals surface area contributed by atoms with Gasteiger partial charge in [0.05, 0.1) is 12.7 Å². The molecule has 0 amide bonds. The van der Waals surface area contributed by atoms with E-state index in [1.54, 1.807) is 0 Å². The van der Waals surface area contributed by atoms with E-state index in [1.807, 2.05) is 0 Å². The van der Waals surface area contributed by atoms with Crippen molar-refractivity contribution < 1.29 is 4.74 Å². The van der Waals surface area contributed by atoms with Crippen molar-refractivity contribution in [1.29, 1.82) is 0 Å². The zero-order chi connectivity index (χ0) is 12.1. The second-order valence-corrected chi connectivity index (χ2v) is 4.63. The Balaban J connectivity index is 1.70. The molecule has 1 N–H and O–H groups in total. The molecule has 4 nitrogen and oxygen atoms in total. The first kappa shape index (κ1) is 12.6. The Kier molecular flexibility index (Phi) is 4.59. The highest BCUT2D eigenvalue weighted by Gasteiger charge is 2.18. The van der Waals surface area contributed by atoms with Gasteiger partial charge in [0.25, 0.3) is 0 Å². The number of nitrogens with one attached hydrogen (secondary N) is 1. The molecule has 2 rings (SSSR count). The highest BCUT2D eigenvalue weighted by atomic mass is 16.5. The summed E-state index contributed by atoms with van der Waals surface area (Å²) < 4.78 is 7.89. The van der Waals surface area contributed by atoms with Crippen molar-refractivity contribution in [3.8, 4) is 0 Å². The number of ether oxygens (including phenoxy) is 1. The van der Waals surface area contributed by atoms with E-state index >= 15 is 0 Å². The molecule has 0 radical (unpaired) electrons. The van der Waals surface area contributed by atoms with Gasteiger partial charge in [-0.05, 0) is 18.7 Å². The molecule has 0 saturated carbocycles. The average Bonchev–Trinajstić information content (AvgIpc) is 2.76. The minimum Gasteiger partial charge on any atom is -0.374 e. The van der Waals surface area contributed by atoms with E-state index in [2.05, 4.69) is 47.1 Å². The maximum Gasteiger partial charge on any atom is 0.0826 e. The summed E-state index contributed by atoms with van der Waals surface area (Å²) in [6.07, 6.45) is 2.41. The first-order valence-electron chi connectivity index (χ1n) is 6.44. The molecule has 2 heterocycles. The number of nitrogens with zero attached hydrogens (tertiary/aromatic N) is 2. The van der Waals surface area contributed by atoms with Crippen molar-refractivity contribution >= 4 is 0 Å². The Morgan fingerprint density at radius 1 is 1.53 bits per heavy atom. The summed E-state index contributed by atoms with van der Waals surface area (Å²) in [5, 5.41) is 3.47. The van der Waals surface area contributed by atoms with Crippen LogP contribution in [-0.2, 0) is 18.3 Å². The molecule has 1 atom stereocenters. The number of likely N-dealkylation sites (N-methyl/N-ethyl adjacent to an activating group) is 1. The van der Waals surface area contributed by atoms with Crippen LogP contribution in [0.2, 0.25) is 0 Å². The lowest BCUT2D eigenvalue weighted by Gasteiger charge is -2.32. The van der Waals surface area contributed by atoms with Gasteiger partial charge in [-0.2, -0.15) is 0 Å². The van der Waals surface area contributed by atoms with Crippen LogP contribution in [0.15, 0.2) is 18.3 Å². The summed E-state index contributed by atoms with van der Waals surface area (Å²) >= 11 is 0. The van der Waals surface area contributed by atoms with E-state index in [1.165, 1.54) is 5.69 Å². The lowest BCUT2D eigenvalue weighted by atomic mass is 10.2. The van der Waals surface area contributed by atoms with Gasteiger partial charge in [0.1, 0.15) is 0 Å². The molecule has 1 aliphatic rings. The Morgan fingerprint density at radius 3 is 3.12 bits per heavy atom. The second-order valence-electron chi connectivity index (χ2n) is 4.63. The molecule has 1 unspecified atom stereocenters. The number of aryl methyl sites for hydroxylation is 1. The summed E-state index contributed by atoms with van der Waals surface area (Å²) in [6.45, 7) is 8.17. The van der Waals surface area contributed by atoms with E-state index in [4.69, 9.17) is 4.74 Å². The molecule has 1 fully saturated rings. The molecular formula is C13H23N3O. The van der Waals surface area contributed by atoms with Crippen LogP contribution in [0.1, 0.15) is 12.6 Å². The van der Waals surface area contributed by atoms with Crippen molar-refractivity contribution in [3.05, 3.63) is 24.0 Å². The molecule has 1 aliphatic heterocycles. The van der Waals surface area contributed by atoms with Crippen molar-refractivity contribution in [2.24, 2.45) is 7.05 Å². The van der Waals surface area contributed by atoms with Crippen LogP contribution in [0.4, 0.5) is 0 Å². The van der Waals surface area contributed by atoms with Gasteiger partial charge in [0, 0.05) is 45.1 Å². The van der Waals surface area contributed by atoms with Crippen LogP contribution >= 0.6 is 0 Å². The molecule has 1 aromatic heterocycles. The summed E-state index contributed by atoms with van der Waals surface area (Å²) in [4.78, 5) is 2.44. The van der Waals surface area contributed by atoms with E-state index in [-0.39, 0.29) is 0 Å². The molecule has 1 aromatic rings. The quantitative estimate of drug-likeness (QED) is 0.823. The summed E-state index contributed by atoms with van der Waals surface area (Å²) in [6, 6.07) is 4.22. The van der Waals surface area contributed by atoms with Crippen molar-refractivity contribution in [2.75, 3.05) is 32.8 Å². The molecule has 0 aromatic carbocycles. The minimum atomic E-state index is 0.337. The lowest BCUT2D eigenvalue weighted by Crippen LogP contribution is -2.46. The highest BCUT2D eigenvalue weighted by Crippen LogP contribution is 2.04. The third kappa shape index (κ3) is 3.56. The monoisotopic (exact) mass is 237 g/mol. The Morgan fingerprint density at radius 2 is 2.41 bits per heavy atom. The van der Waals surface area contributed by atoms with Crippen LogP contribution in [-0.4, -0.2) is 48.4 Å². The zero-order valence-electron chi connectivity index (χ0n) is 10.9. The predicted molar refractivity (Wildman–Crippen MR) is 69.0 cm³/mol. The topological polar surface area (TPSA) is 29.4 Å². The van der Waals surface area contributed by atoms with Crippen molar-refractivity contribution in [2.45, 2.75) is 19.6 Å². The van der Waals surface area contributed by atoms with Gasteiger partial charge in [-0.25, -0.2) is 0 Å². The summed E-state index contributed by atoms with van der Waals surface area (Å²) in [5.41, 5.74) is 1.31. The first-order valence-corrected chi connectivity index (χ1v) is 6.44. The smallest absolute Gasteiger partial charge is 0.0826 e. The van der Waals surface area contributed by atoms with Crippen molar-refractivity contribution in [1.82, 2.24) is 14.8 Å². The van der Waals surface area contributed by atoms with Gasteiger partial charge in [-0.1, -0.05) is 6.92 Å².